The number of carbonyl (C=O) groups is 1. The Kier molecular flexibility index (Phi) is 5.96. The van der Waals surface area contributed by atoms with Crippen LogP contribution >= 0.6 is 34.4 Å². The first-order valence-corrected chi connectivity index (χ1v) is 10.9. The van der Waals surface area contributed by atoms with Gasteiger partial charge in [-0.25, -0.2) is 4.98 Å². The van der Waals surface area contributed by atoms with Gasteiger partial charge in [-0.05, 0) is 65.1 Å². The predicted molar refractivity (Wildman–Crippen MR) is 126 cm³/mol. The predicted octanol–water partition coefficient (Wildman–Crippen LogP) is 4.72. The van der Waals surface area contributed by atoms with Crippen molar-refractivity contribution in [2.45, 2.75) is 5.16 Å². The normalized spacial score (nSPS) is 10.8. The zero-order chi connectivity index (χ0) is 20.2. The van der Waals surface area contributed by atoms with E-state index in [0.29, 0.717) is 16.1 Å². The summed E-state index contributed by atoms with van der Waals surface area (Å²) in [6, 6.07) is 24.2. The molecule has 0 spiro atoms. The lowest BCUT2D eigenvalue weighted by molar-refractivity contribution is -0.113. The number of nitrogens with zero attached hydrogens (tertiary/aromatic N) is 2. The Labute approximate surface area is 185 Å². The Bertz CT molecular complexity index is 1240. The Morgan fingerprint density at radius 2 is 1.76 bits per heavy atom. The number of carbonyl (C=O) groups excluding carboxylic acids is 1. The van der Waals surface area contributed by atoms with Gasteiger partial charge in [-0.1, -0.05) is 48.2 Å². The first kappa shape index (κ1) is 19.7. The number of hydrogen-bond donors (Lipinski definition) is 1. The molecule has 5 nitrogen and oxygen atoms in total. The van der Waals surface area contributed by atoms with E-state index in [1.165, 1.54) is 11.8 Å². The lowest BCUT2D eigenvalue weighted by Gasteiger charge is -2.13. The second-order valence-electron chi connectivity index (χ2n) is 6.23. The van der Waals surface area contributed by atoms with Crippen LogP contribution in [-0.4, -0.2) is 21.2 Å². The topological polar surface area (TPSA) is 64.0 Å². The zero-order valence-corrected chi connectivity index (χ0v) is 18.2. The van der Waals surface area contributed by atoms with Crippen molar-refractivity contribution < 1.29 is 4.79 Å². The molecule has 1 aromatic heterocycles. The van der Waals surface area contributed by atoms with Gasteiger partial charge in [0.05, 0.1) is 22.3 Å². The minimum Gasteiger partial charge on any atom is -0.325 e. The molecule has 0 bridgehead atoms. The van der Waals surface area contributed by atoms with Crippen LogP contribution < -0.4 is 10.9 Å². The standard InChI is InChI=1S/C22H16IN3O2S/c23-15-7-6-8-16(13-15)24-20(27)14-29-22-25-19-12-5-4-11-18(19)21(28)26(22)17-9-2-1-3-10-17/h1-13H,14H2,(H,24,27). The highest BCUT2D eigenvalue weighted by molar-refractivity contribution is 14.1. The number of rotatable bonds is 5. The third-order valence-electron chi connectivity index (χ3n) is 4.20. The van der Waals surface area contributed by atoms with Crippen LogP contribution in [0.25, 0.3) is 16.6 Å². The first-order valence-electron chi connectivity index (χ1n) is 8.87. The number of amides is 1. The molecule has 0 saturated carbocycles. The number of anilines is 1. The first-order chi connectivity index (χ1) is 14.1. The third-order valence-corrected chi connectivity index (χ3v) is 5.81. The van der Waals surface area contributed by atoms with E-state index in [4.69, 9.17) is 0 Å². The summed E-state index contributed by atoms with van der Waals surface area (Å²) in [7, 11) is 0. The van der Waals surface area contributed by atoms with Crippen molar-refractivity contribution >= 4 is 56.9 Å². The van der Waals surface area contributed by atoms with Crippen LogP contribution in [0, 0.1) is 3.57 Å². The molecule has 4 aromatic rings. The molecule has 29 heavy (non-hydrogen) atoms. The molecule has 0 saturated heterocycles. The van der Waals surface area contributed by atoms with Crippen LogP contribution in [0.3, 0.4) is 0 Å². The minimum absolute atomic E-state index is 0.142. The Balaban J connectivity index is 1.66. The fraction of sp³-hybridized carbons (Fsp3) is 0.0455. The Morgan fingerprint density at radius 3 is 2.55 bits per heavy atom. The van der Waals surface area contributed by atoms with Crippen LogP contribution in [0.4, 0.5) is 5.69 Å². The van der Waals surface area contributed by atoms with Crippen molar-refractivity contribution in [2.75, 3.05) is 11.1 Å². The maximum atomic E-state index is 13.1. The molecule has 3 aromatic carbocycles. The van der Waals surface area contributed by atoms with Crippen molar-refractivity contribution in [1.82, 2.24) is 9.55 Å². The van der Waals surface area contributed by atoms with E-state index in [9.17, 15) is 9.59 Å². The van der Waals surface area contributed by atoms with Crippen LogP contribution in [0.2, 0.25) is 0 Å². The van der Waals surface area contributed by atoms with E-state index in [0.717, 1.165) is 14.9 Å². The molecule has 1 amide bonds. The van der Waals surface area contributed by atoms with Crippen molar-refractivity contribution in [3.63, 3.8) is 0 Å². The highest BCUT2D eigenvalue weighted by Gasteiger charge is 2.14. The lowest BCUT2D eigenvalue weighted by atomic mass is 10.2. The molecule has 1 heterocycles. The summed E-state index contributed by atoms with van der Waals surface area (Å²) in [5, 5.41) is 3.91. The fourth-order valence-corrected chi connectivity index (χ4v) is 4.26. The molecule has 4 rings (SSSR count). The van der Waals surface area contributed by atoms with Crippen molar-refractivity contribution in [2.24, 2.45) is 0 Å². The molecule has 0 aliphatic carbocycles. The number of fused-ring (bicyclic) bond motifs is 1. The van der Waals surface area contributed by atoms with E-state index in [2.05, 4.69) is 32.9 Å². The summed E-state index contributed by atoms with van der Waals surface area (Å²) in [6.07, 6.45) is 0. The number of hydrogen-bond acceptors (Lipinski definition) is 4. The maximum Gasteiger partial charge on any atom is 0.266 e. The van der Waals surface area contributed by atoms with E-state index >= 15 is 0 Å². The molecular weight excluding hydrogens is 497 g/mol. The van der Waals surface area contributed by atoms with Gasteiger partial charge in [0.25, 0.3) is 5.56 Å². The molecule has 7 heteroatoms. The van der Waals surface area contributed by atoms with E-state index in [1.54, 1.807) is 10.6 Å². The lowest BCUT2D eigenvalue weighted by Crippen LogP contribution is -2.22. The summed E-state index contributed by atoms with van der Waals surface area (Å²) in [5.74, 6) is -0.0117. The van der Waals surface area contributed by atoms with Gasteiger partial charge in [-0.3, -0.25) is 14.2 Å². The van der Waals surface area contributed by atoms with Gasteiger partial charge in [-0.2, -0.15) is 0 Å². The Hall–Kier alpha value is -2.65. The average Bonchev–Trinajstić information content (AvgIpc) is 2.73. The van der Waals surface area contributed by atoms with Crippen molar-refractivity contribution in [3.8, 4) is 5.69 Å². The maximum absolute atomic E-state index is 13.1. The van der Waals surface area contributed by atoms with Crippen LogP contribution in [-0.2, 0) is 4.79 Å². The summed E-state index contributed by atoms with van der Waals surface area (Å²) < 4.78 is 2.60. The fourth-order valence-electron chi connectivity index (χ4n) is 2.91. The smallest absolute Gasteiger partial charge is 0.266 e. The molecular formula is C22H16IN3O2S. The zero-order valence-electron chi connectivity index (χ0n) is 15.2. The molecule has 0 aliphatic rings. The number of thioether (sulfide) groups is 1. The second kappa shape index (κ2) is 8.79. The SMILES string of the molecule is O=C(CSc1nc2ccccc2c(=O)n1-c1ccccc1)Nc1cccc(I)c1. The summed E-state index contributed by atoms with van der Waals surface area (Å²) >= 11 is 3.44. The Morgan fingerprint density at radius 1 is 1.00 bits per heavy atom. The second-order valence-corrected chi connectivity index (χ2v) is 8.42. The van der Waals surface area contributed by atoms with Crippen molar-refractivity contribution in [1.29, 1.82) is 0 Å². The van der Waals surface area contributed by atoms with E-state index in [1.807, 2.05) is 72.8 Å². The number of para-hydroxylation sites is 2. The molecule has 0 unspecified atom stereocenters. The highest BCUT2D eigenvalue weighted by atomic mass is 127. The van der Waals surface area contributed by atoms with Crippen LogP contribution in [0.1, 0.15) is 0 Å². The number of nitrogens with one attached hydrogen (secondary N) is 1. The minimum atomic E-state index is -0.154. The van der Waals surface area contributed by atoms with Gasteiger partial charge >= 0.3 is 0 Å². The largest absolute Gasteiger partial charge is 0.325 e. The number of benzene rings is 3. The number of halogens is 1. The summed E-state index contributed by atoms with van der Waals surface area (Å²) in [5.41, 5.74) is 1.93. The molecule has 0 radical (unpaired) electrons. The van der Waals surface area contributed by atoms with Gasteiger partial charge < -0.3 is 5.32 Å². The molecule has 0 aliphatic heterocycles. The summed E-state index contributed by atoms with van der Waals surface area (Å²) in [6.45, 7) is 0. The van der Waals surface area contributed by atoms with E-state index in [-0.39, 0.29) is 17.2 Å². The van der Waals surface area contributed by atoms with Gasteiger partial charge in [0.2, 0.25) is 5.91 Å². The summed E-state index contributed by atoms with van der Waals surface area (Å²) in [4.78, 5) is 30.2. The van der Waals surface area contributed by atoms with Gasteiger partial charge in [0.1, 0.15) is 0 Å². The average molecular weight is 513 g/mol. The molecule has 1 N–H and O–H groups in total. The third kappa shape index (κ3) is 4.51. The van der Waals surface area contributed by atoms with Crippen molar-refractivity contribution in [3.05, 3.63) is 92.8 Å². The molecule has 0 atom stereocenters. The highest BCUT2D eigenvalue weighted by Crippen LogP contribution is 2.22. The van der Waals surface area contributed by atoms with Gasteiger partial charge in [0, 0.05) is 9.26 Å². The molecule has 0 fully saturated rings. The van der Waals surface area contributed by atoms with Crippen LogP contribution in [0.5, 0.6) is 0 Å². The van der Waals surface area contributed by atoms with Crippen LogP contribution in [0.15, 0.2) is 88.8 Å². The quantitative estimate of drug-likeness (QED) is 0.238. The number of aromatic nitrogens is 2. The van der Waals surface area contributed by atoms with E-state index < -0.39 is 0 Å². The monoisotopic (exact) mass is 513 g/mol. The molecule has 144 valence electrons. The van der Waals surface area contributed by atoms with Gasteiger partial charge in [0.15, 0.2) is 5.16 Å². The van der Waals surface area contributed by atoms with Gasteiger partial charge in [-0.15, -0.1) is 0 Å².